The zero-order valence-corrected chi connectivity index (χ0v) is 13.5. The van der Waals surface area contributed by atoms with Crippen LogP contribution in [0.15, 0.2) is 41.0 Å². The second kappa shape index (κ2) is 6.64. The maximum absolute atomic E-state index is 12.2. The second-order valence-corrected chi connectivity index (χ2v) is 6.09. The van der Waals surface area contributed by atoms with Gasteiger partial charge in [0.25, 0.3) is 0 Å². The molecule has 1 aliphatic rings. The Morgan fingerprint density at radius 2 is 2.17 bits per heavy atom. The number of nitrogens with zero attached hydrogens (tertiary/aromatic N) is 1. The Labute approximate surface area is 142 Å². The van der Waals surface area contributed by atoms with Crippen molar-refractivity contribution in [3.63, 3.8) is 0 Å². The Bertz CT molecular complexity index is 730. The van der Waals surface area contributed by atoms with Crippen LogP contribution in [0, 0.1) is 5.92 Å². The number of hydrogen-bond acceptors (Lipinski definition) is 4. The Morgan fingerprint density at radius 3 is 2.87 bits per heavy atom. The number of ether oxygens (including phenoxy) is 1. The van der Waals surface area contributed by atoms with Crippen molar-refractivity contribution in [2.45, 2.75) is 13.0 Å². The average molecular weight is 354 g/mol. The lowest BCUT2D eigenvalue weighted by molar-refractivity contribution is -0.139. The van der Waals surface area contributed by atoms with Gasteiger partial charge in [0.1, 0.15) is 11.5 Å². The van der Waals surface area contributed by atoms with E-state index < -0.39 is 11.9 Å². The molecule has 23 heavy (non-hydrogen) atoms. The van der Waals surface area contributed by atoms with Crippen LogP contribution in [-0.4, -0.2) is 23.3 Å². The van der Waals surface area contributed by atoms with Crippen LogP contribution < -0.4 is 4.74 Å². The van der Waals surface area contributed by atoms with E-state index in [0.29, 0.717) is 23.9 Å². The number of rotatable bonds is 4. The minimum Gasteiger partial charge on any atom is -0.467 e. The molecule has 0 N–H and O–H groups in total. The molecule has 120 valence electrons. The number of carbonyl (C=O) groups excluding carboxylic acids is 2. The van der Waals surface area contributed by atoms with Crippen molar-refractivity contribution in [3.05, 3.63) is 52.4 Å². The summed E-state index contributed by atoms with van der Waals surface area (Å²) in [6.07, 6.45) is 1.66. The van der Waals surface area contributed by atoms with Crippen molar-refractivity contribution >= 4 is 35.1 Å². The number of benzene rings is 1. The van der Waals surface area contributed by atoms with Crippen LogP contribution in [0.3, 0.4) is 0 Å². The summed E-state index contributed by atoms with van der Waals surface area (Å²) in [5.41, 5.74) is 0. The summed E-state index contributed by atoms with van der Waals surface area (Å²) in [7, 11) is 0. The largest absolute Gasteiger partial charge is 0.467 e. The van der Waals surface area contributed by atoms with Crippen molar-refractivity contribution < 1.29 is 18.7 Å². The molecule has 0 saturated carbocycles. The predicted octanol–water partition coefficient (Wildman–Crippen LogP) is 3.54. The summed E-state index contributed by atoms with van der Waals surface area (Å²) in [6, 6.07) is 8.14. The molecule has 5 nitrogen and oxygen atoms in total. The van der Waals surface area contributed by atoms with Gasteiger partial charge in [-0.2, -0.15) is 0 Å². The van der Waals surface area contributed by atoms with E-state index in [1.807, 2.05) is 0 Å². The summed E-state index contributed by atoms with van der Waals surface area (Å²) in [6.45, 7) is 0.640. The maximum atomic E-state index is 12.2. The first-order valence-electron chi connectivity index (χ1n) is 7.00. The van der Waals surface area contributed by atoms with E-state index in [0.717, 1.165) is 0 Å². The fourth-order valence-corrected chi connectivity index (χ4v) is 2.87. The third kappa shape index (κ3) is 3.68. The highest BCUT2D eigenvalue weighted by Crippen LogP contribution is 2.29. The van der Waals surface area contributed by atoms with Gasteiger partial charge in [-0.3, -0.25) is 9.59 Å². The van der Waals surface area contributed by atoms with Crippen molar-refractivity contribution in [3.8, 4) is 5.75 Å². The number of carbonyl (C=O) groups is 2. The van der Waals surface area contributed by atoms with Gasteiger partial charge in [0.2, 0.25) is 5.91 Å². The van der Waals surface area contributed by atoms with Gasteiger partial charge >= 0.3 is 5.97 Å². The van der Waals surface area contributed by atoms with Gasteiger partial charge in [-0.15, -0.1) is 0 Å². The zero-order valence-electron chi connectivity index (χ0n) is 12.0. The average Bonchev–Trinajstić information content (AvgIpc) is 3.13. The number of furan rings is 1. The molecule has 1 aromatic heterocycles. The van der Waals surface area contributed by atoms with E-state index in [1.165, 1.54) is 12.1 Å². The van der Waals surface area contributed by atoms with Crippen LogP contribution in [0.4, 0.5) is 0 Å². The smallest absolute Gasteiger partial charge is 0.316 e. The summed E-state index contributed by atoms with van der Waals surface area (Å²) in [5, 5.41) is 0.707. The minimum atomic E-state index is -0.524. The Kier molecular flexibility index (Phi) is 4.59. The molecule has 0 radical (unpaired) electrons. The quantitative estimate of drug-likeness (QED) is 0.623. The van der Waals surface area contributed by atoms with E-state index >= 15 is 0 Å². The Balaban J connectivity index is 1.63. The van der Waals surface area contributed by atoms with Crippen LogP contribution in [0.25, 0.3) is 0 Å². The van der Waals surface area contributed by atoms with Gasteiger partial charge in [-0.25, -0.2) is 0 Å². The van der Waals surface area contributed by atoms with Crippen LogP contribution in [-0.2, 0) is 16.1 Å². The van der Waals surface area contributed by atoms with Crippen LogP contribution in [0.5, 0.6) is 5.75 Å². The molecular weight excluding hydrogens is 341 g/mol. The topological polar surface area (TPSA) is 59.8 Å². The molecule has 1 aromatic carbocycles. The van der Waals surface area contributed by atoms with E-state index in [2.05, 4.69) is 0 Å². The number of halogens is 2. The zero-order chi connectivity index (χ0) is 16.4. The molecule has 2 aromatic rings. The fraction of sp³-hybridized carbons (Fsp3) is 0.250. The van der Waals surface area contributed by atoms with E-state index in [9.17, 15) is 9.59 Å². The molecule has 1 atom stereocenters. The number of amides is 1. The van der Waals surface area contributed by atoms with Crippen molar-refractivity contribution in [2.24, 2.45) is 5.92 Å². The predicted molar refractivity (Wildman–Crippen MR) is 84.3 cm³/mol. The highest BCUT2D eigenvalue weighted by molar-refractivity contribution is 6.35. The lowest BCUT2D eigenvalue weighted by Gasteiger charge is -2.14. The van der Waals surface area contributed by atoms with Crippen LogP contribution >= 0.6 is 23.2 Å². The lowest BCUT2D eigenvalue weighted by Crippen LogP contribution is -2.27. The van der Waals surface area contributed by atoms with E-state index in [-0.39, 0.29) is 23.1 Å². The van der Waals surface area contributed by atoms with Gasteiger partial charge in [0.15, 0.2) is 0 Å². The van der Waals surface area contributed by atoms with Gasteiger partial charge in [0, 0.05) is 18.0 Å². The van der Waals surface area contributed by atoms with Crippen LogP contribution in [0.2, 0.25) is 10.0 Å². The number of hydrogen-bond donors (Lipinski definition) is 0. The molecule has 2 heterocycles. The first-order chi connectivity index (χ1) is 11.0. The first kappa shape index (κ1) is 15.9. The fourth-order valence-electron chi connectivity index (χ4n) is 2.42. The number of likely N-dealkylation sites (tertiary alicyclic amines) is 1. The SMILES string of the molecule is O=C(Oc1ccc(Cl)cc1Cl)C1CC(=O)N(Cc2ccco2)C1. The second-order valence-electron chi connectivity index (χ2n) is 5.25. The third-order valence-corrected chi connectivity index (χ3v) is 4.11. The molecule has 0 spiro atoms. The third-order valence-electron chi connectivity index (χ3n) is 3.58. The summed E-state index contributed by atoms with van der Waals surface area (Å²) < 4.78 is 10.5. The summed E-state index contributed by atoms with van der Waals surface area (Å²) >= 11 is 11.8. The molecule has 1 aliphatic heterocycles. The first-order valence-corrected chi connectivity index (χ1v) is 7.75. The lowest BCUT2D eigenvalue weighted by atomic mass is 10.1. The van der Waals surface area contributed by atoms with Crippen molar-refractivity contribution in [2.75, 3.05) is 6.54 Å². The maximum Gasteiger partial charge on any atom is 0.316 e. The van der Waals surface area contributed by atoms with Crippen molar-refractivity contribution in [1.82, 2.24) is 4.90 Å². The van der Waals surface area contributed by atoms with Gasteiger partial charge in [-0.05, 0) is 30.3 Å². The molecule has 1 fully saturated rings. The highest BCUT2D eigenvalue weighted by Gasteiger charge is 2.36. The van der Waals surface area contributed by atoms with E-state index in [1.54, 1.807) is 29.4 Å². The van der Waals surface area contributed by atoms with Gasteiger partial charge < -0.3 is 14.1 Å². The van der Waals surface area contributed by atoms with Gasteiger partial charge in [-0.1, -0.05) is 23.2 Å². The molecule has 0 bridgehead atoms. The molecule has 0 aliphatic carbocycles. The Morgan fingerprint density at radius 1 is 1.35 bits per heavy atom. The number of esters is 1. The van der Waals surface area contributed by atoms with E-state index in [4.69, 9.17) is 32.4 Å². The molecule has 3 rings (SSSR count). The molecular formula is C16H13Cl2NO4. The highest BCUT2D eigenvalue weighted by atomic mass is 35.5. The monoisotopic (exact) mass is 353 g/mol. The molecule has 1 saturated heterocycles. The standard InChI is InChI=1S/C16H13Cl2NO4/c17-11-3-4-14(13(18)7-11)23-16(21)10-6-15(20)19(8-10)9-12-2-1-5-22-12/h1-5,7,10H,6,8-9H2. The molecule has 7 heteroatoms. The van der Waals surface area contributed by atoms with Crippen molar-refractivity contribution in [1.29, 1.82) is 0 Å². The van der Waals surface area contributed by atoms with Gasteiger partial charge in [0.05, 0.1) is 23.7 Å². The molecule has 1 amide bonds. The normalized spacial score (nSPS) is 17.6. The summed E-state index contributed by atoms with van der Waals surface area (Å²) in [5.74, 6) is -0.203. The Hall–Kier alpha value is -1.98. The minimum absolute atomic E-state index is 0.106. The van der Waals surface area contributed by atoms with Crippen LogP contribution in [0.1, 0.15) is 12.2 Å². The molecule has 1 unspecified atom stereocenters. The summed E-state index contributed by atoms with van der Waals surface area (Å²) in [4.78, 5) is 25.8.